The van der Waals surface area contributed by atoms with Gasteiger partial charge in [0.15, 0.2) is 0 Å². The van der Waals surface area contributed by atoms with Gasteiger partial charge in [0, 0.05) is 43.3 Å². The highest BCUT2D eigenvalue weighted by molar-refractivity contribution is 5.79. The Morgan fingerprint density at radius 3 is 2.52 bits per heavy atom. The van der Waals surface area contributed by atoms with Crippen LogP contribution >= 0.6 is 0 Å². The molecule has 0 radical (unpaired) electrons. The summed E-state index contributed by atoms with van der Waals surface area (Å²) < 4.78 is 0. The summed E-state index contributed by atoms with van der Waals surface area (Å²) in [5.41, 5.74) is 1.63. The zero-order valence-corrected chi connectivity index (χ0v) is 17.6. The lowest BCUT2D eigenvalue weighted by molar-refractivity contribution is -0.120. The van der Waals surface area contributed by atoms with Crippen molar-refractivity contribution in [3.05, 3.63) is 35.9 Å². The maximum atomic E-state index is 11.5. The zero-order chi connectivity index (χ0) is 20.7. The van der Waals surface area contributed by atoms with Gasteiger partial charge in [0.05, 0.1) is 0 Å². The highest BCUT2D eigenvalue weighted by atomic mass is 16.1. The van der Waals surface area contributed by atoms with Gasteiger partial charge in [-0.05, 0) is 57.7 Å². The third-order valence-corrected chi connectivity index (χ3v) is 6.79. The molecule has 2 saturated heterocycles. The van der Waals surface area contributed by atoms with Gasteiger partial charge in [-0.2, -0.15) is 0 Å². The van der Waals surface area contributed by atoms with Crippen LogP contribution in [0.3, 0.4) is 0 Å². The summed E-state index contributed by atoms with van der Waals surface area (Å²) in [6, 6.07) is 11.0. The molecular formula is C24H34N2O3. The predicted octanol–water partition coefficient (Wildman–Crippen LogP) is 3.57. The van der Waals surface area contributed by atoms with Crippen LogP contribution in [0.25, 0.3) is 0 Å². The number of carbonyl (C=O) groups excluding carboxylic acids is 3. The summed E-state index contributed by atoms with van der Waals surface area (Å²) >= 11 is 0. The van der Waals surface area contributed by atoms with Gasteiger partial charge < -0.3 is 14.6 Å². The van der Waals surface area contributed by atoms with Crippen molar-refractivity contribution in [2.45, 2.75) is 75.3 Å². The standard InChI is InChI=1S/C13H15NO.C11H19NO2/c15-10-14-9-12(8-13(14)6-7-13)11-4-2-1-3-5-11;1-12-7-4-5-10(12)9-11(14)6-2-3-8-13/h1-5,10,12H,6-9H2;8,10H,2-7,9H2,1H3/t12-;10-/m11/s1. The van der Waals surface area contributed by atoms with Crippen LogP contribution in [0.2, 0.25) is 0 Å². The number of ketones is 1. The molecule has 158 valence electrons. The fraction of sp³-hybridized carbons (Fsp3) is 0.625. The van der Waals surface area contributed by atoms with Crippen LogP contribution in [0.4, 0.5) is 0 Å². The molecule has 1 saturated carbocycles. The van der Waals surface area contributed by atoms with E-state index in [-0.39, 0.29) is 5.54 Å². The molecule has 0 unspecified atom stereocenters. The Morgan fingerprint density at radius 2 is 1.97 bits per heavy atom. The van der Waals surface area contributed by atoms with Gasteiger partial charge in [0.25, 0.3) is 0 Å². The van der Waals surface area contributed by atoms with Crippen LogP contribution in [0.15, 0.2) is 30.3 Å². The van der Waals surface area contributed by atoms with Crippen molar-refractivity contribution in [1.82, 2.24) is 9.80 Å². The highest BCUT2D eigenvalue weighted by Gasteiger charge is 2.53. The quantitative estimate of drug-likeness (QED) is 0.496. The molecular weight excluding hydrogens is 364 g/mol. The Bertz CT molecular complexity index is 687. The van der Waals surface area contributed by atoms with E-state index in [1.165, 1.54) is 24.8 Å². The molecule has 5 nitrogen and oxygen atoms in total. The Balaban J connectivity index is 0.000000166. The number of amides is 1. The van der Waals surface area contributed by atoms with Crippen molar-refractivity contribution in [1.29, 1.82) is 0 Å². The number of carbonyl (C=O) groups is 3. The number of hydrogen-bond acceptors (Lipinski definition) is 4. The van der Waals surface area contributed by atoms with Crippen molar-refractivity contribution in [2.75, 3.05) is 20.1 Å². The number of unbranched alkanes of at least 4 members (excludes halogenated alkanes) is 1. The molecule has 4 rings (SSSR count). The van der Waals surface area contributed by atoms with Crippen LogP contribution in [0.1, 0.15) is 69.3 Å². The first kappa shape index (κ1) is 21.7. The van der Waals surface area contributed by atoms with Gasteiger partial charge in [-0.1, -0.05) is 30.3 Å². The van der Waals surface area contributed by atoms with E-state index in [0.717, 1.165) is 45.0 Å². The Labute approximate surface area is 174 Å². The molecule has 1 aliphatic carbocycles. The topological polar surface area (TPSA) is 57.7 Å². The summed E-state index contributed by atoms with van der Waals surface area (Å²) in [6.45, 7) is 2.03. The lowest BCUT2D eigenvalue weighted by Gasteiger charge is -2.18. The normalized spacial score (nSPS) is 24.8. The second-order valence-electron chi connectivity index (χ2n) is 8.87. The van der Waals surface area contributed by atoms with E-state index in [0.29, 0.717) is 37.0 Å². The average molecular weight is 399 g/mol. The van der Waals surface area contributed by atoms with Gasteiger partial charge in [-0.25, -0.2) is 0 Å². The summed E-state index contributed by atoms with van der Waals surface area (Å²) in [6.07, 6.45) is 10.3. The van der Waals surface area contributed by atoms with Crippen LogP contribution in [-0.4, -0.2) is 60.0 Å². The van der Waals surface area contributed by atoms with E-state index in [9.17, 15) is 14.4 Å². The third kappa shape index (κ3) is 5.75. The van der Waals surface area contributed by atoms with E-state index >= 15 is 0 Å². The van der Waals surface area contributed by atoms with Crippen LogP contribution in [-0.2, 0) is 14.4 Å². The fourth-order valence-corrected chi connectivity index (χ4v) is 4.80. The number of Topliss-reactive ketones (excluding diaryl/α,β-unsaturated/α-hetero) is 1. The largest absolute Gasteiger partial charge is 0.339 e. The summed E-state index contributed by atoms with van der Waals surface area (Å²) in [5, 5.41) is 0. The van der Waals surface area contributed by atoms with Crippen molar-refractivity contribution < 1.29 is 14.4 Å². The first-order valence-electron chi connectivity index (χ1n) is 11.0. The smallest absolute Gasteiger partial charge is 0.210 e. The Kier molecular flexibility index (Phi) is 7.59. The lowest BCUT2D eigenvalue weighted by Crippen LogP contribution is -2.29. The zero-order valence-electron chi connectivity index (χ0n) is 17.6. The molecule has 5 heteroatoms. The average Bonchev–Trinajstić information content (AvgIpc) is 3.25. The second kappa shape index (κ2) is 10.1. The molecule has 3 aliphatic rings. The van der Waals surface area contributed by atoms with Crippen molar-refractivity contribution in [2.24, 2.45) is 0 Å². The fourth-order valence-electron chi connectivity index (χ4n) is 4.80. The van der Waals surface area contributed by atoms with Crippen molar-refractivity contribution >= 4 is 18.5 Å². The Hall–Kier alpha value is -2.01. The molecule has 3 fully saturated rings. The van der Waals surface area contributed by atoms with E-state index in [4.69, 9.17) is 0 Å². The first-order chi connectivity index (χ1) is 14.1. The van der Waals surface area contributed by atoms with Crippen molar-refractivity contribution in [3.8, 4) is 0 Å². The van der Waals surface area contributed by atoms with Crippen molar-refractivity contribution in [3.63, 3.8) is 0 Å². The lowest BCUT2D eigenvalue weighted by atomic mass is 9.96. The molecule has 1 spiro atoms. The molecule has 0 bridgehead atoms. The summed E-state index contributed by atoms with van der Waals surface area (Å²) in [5.74, 6) is 0.865. The third-order valence-electron chi connectivity index (χ3n) is 6.79. The molecule has 29 heavy (non-hydrogen) atoms. The molecule has 0 N–H and O–H groups in total. The second-order valence-corrected chi connectivity index (χ2v) is 8.87. The van der Waals surface area contributed by atoms with Gasteiger partial charge in [0.2, 0.25) is 6.41 Å². The molecule has 1 aromatic rings. The molecule has 1 amide bonds. The highest BCUT2D eigenvalue weighted by Crippen LogP contribution is 2.53. The molecule has 2 aliphatic heterocycles. The van der Waals surface area contributed by atoms with Crippen LogP contribution < -0.4 is 0 Å². The maximum Gasteiger partial charge on any atom is 0.210 e. The molecule has 2 heterocycles. The van der Waals surface area contributed by atoms with Gasteiger partial charge in [0.1, 0.15) is 12.1 Å². The number of rotatable bonds is 8. The number of benzene rings is 1. The van der Waals surface area contributed by atoms with Gasteiger partial charge >= 0.3 is 0 Å². The van der Waals surface area contributed by atoms with E-state index in [1.807, 2.05) is 11.0 Å². The minimum atomic E-state index is 0.252. The number of nitrogens with zero attached hydrogens (tertiary/aromatic N) is 2. The SMILES string of the molecule is CN1CCC[C@@H]1CC(=O)CCCC=O.O=CN1C[C@H](c2ccccc2)CC12CC2. The van der Waals surface area contributed by atoms with Gasteiger partial charge in [-0.3, -0.25) is 9.59 Å². The van der Waals surface area contributed by atoms with E-state index < -0.39 is 0 Å². The maximum absolute atomic E-state index is 11.5. The summed E-state index contributed by atoms with van der Waals surface area (Å²) in [4.78, 5) is 36.8. The molecule has 1 aromatic carbocycles. The minimum absolute atomic E-state index is 0.252. The van der Waals surface area contributed by atoms with Crippen LogP contribution in [0.5, 0.6) is 0 Å². The number of aldehydes is 1. The monoisotopic (exact) mass is 398 g/mol. The molecule has 2 atom stereocenters. The van der Waals surface area contributed by atoms with Gasteiger partial charge in [-0.15, -0.1) is 0 Å². The first-order valence-corrected chi connectivity index (χ1v) is 11.0. The predicted molar refractivity (Wildman–Crippen MR) is 114 cm³/mol. The number of likely N-dealkylation sites (tertiary alicyclic amines) is 2. The Morgan fingerprint density at radius 1 is 1.21 bits per heavy atom. The molecule has 0 aromatic heterocycles. The summed E-state index contributed by atoms with van der Waals surface area (Å²) in [7, 11) is 2.08. The van der Waals surface area contributed by atoms with E-state index in [2.05, 4.69) is 36.2 Å². The van der Waals surface area contributed by atoms with Crippen LogP contribution in [0, 0.1) is 0 Å². The minimum Gasteiger partial charge on any atom is -0.339 e. The van der Waals surface area contributed by atoms with E-state index in [1.54, 1.807) is 0 Å². The number of hydrogen-bond donors (Lipinski definition) is 0.